The van der Waals surface area contributed by atoms with Crippen molar-refractivity contribution in [3.8, 4) is 11.5 Å². The Hall–Kier alpha value is 0.110. The van der Waals surface area contributed by atoms with Gasteiger partial charge in [0.15, 0.2) is 0 Å². The van der Waals surface area contributed by atoms with Gasteiger partial charge in [0.1, 0.15) is 11.5 Å². The van der Waals surface area contributed by atoms with Gasteiger partial charge in [-0.3, -0.25) is 0 Å². The molecule has 2 aromatic carbocycles. The van der Waals surface area contributed by atoms with E-state index in [0.29, 0.717) is 17.2 Å². The molecule has 0 spiro atoms. The number of aromatic hydroxyl groups is 1. The van der Waals surface area contributed by atoms with Gasteiger partial charge in [0.2, 0.25) is 0 Å². The smallest absolute Gasteiger partial charge is 1.00 e. The first kappa shape index (κ1) is 36.3. The Labute approximate surface area is 247 Å². The van der Waals surface area contributed by atoms with Gasteiger partial charge >= 0.3 is 39.9 Å². The minimum Gasteiger partial charge on any atom is -1.00 e. The summed E-state index contributed by atoms with van der Waals surface area (Å²) in [6, 6.07) is 7.28. The predicted molar refractivity (Wildman–Crippen MR) is 141 cm³/mol. The first-order chi connectivity index (χ1) is 14.7. The molecule has 0 aliphatic rings. The molecule has 0 fully saturated rings. The molecule has 5 N–H and O–H groups in total. The van der Waals surface area contributed by atoms with Gasteiger partial charge in [-0.15, -0.1) is 0 Å². The second-order valence-electron chi connectivity index (χ2n) is 7.66. The van der Waals surface area contributed by atoms with Crippen LogP contribution >= 0.6 is 42.5 Å². The molecule has 0 aromatic heterocycles. The third-order valence-electron chi connectivity index (χ3n) is 4.06. The van der Waals surface area contributed by atoms with Crippen LogP contribution in [0.2, 0.25) is 0 Å². The maximum Gasteiger partial charge on any atom is 1.00 e. The van der Waals surface area contributed by atoms with Gasteiger partial charge in [0, 0.05) is 19.6 Å². The summed E-state index contributed by atoms with van der Waals surface area (Å²) in [5.41, 5.74) is 3.75. The van der Waals surface area contributed by atoms with Crippen molar-refractivity contribution >= 4 is 62.1 Å². The molecule has 0 aliphatic carbocycles. The second-order valence-corrected chi connectivity index (χ2v) is 12.8. The quantitative estimate of drug-likeness (QED) is 0.335. The molecular weight excluding hydrogens is 647 g/mol. The number of phenolic OH excluding ortho intramolecular Hbond substituents is 1. The summed E-state index contributed by atoms with van der Waals surface area (Å²) in [6.45, 7) is 11.9. The molecule has 0 heterocycles. The molecule has 0 atom stereocenters. The van der Waals surface area contributed by atoms with Crippen LogP contribution in [0.5, 0.6) is 11.5 Å². The summed E-state index contributed by atoms with van der Waals surface area (Å²) in [5, 5.41) is 18.4. The summed E-state index contributed by atoms with van der Waals surface area (Å²) < 4.78 is 46.8. The van der Waals surface area contributed by atoms with Gasteiger partial charge in [-0.25, -0.2) is 5.14 Å². The Morgan fingerprint density at radius 2 is 1.24 bits per heavy atom. The van der Waals surface area contributed by atoms with Crippen LogP contribution in [0.1, 0.15) is 63.2 Å². The van der Waals surface area contributed by atoms with Crippen molar-refractivity contribution in [3.05, 3.63) is 55.5 Å². The Balaban J connectivity index is -0.000000479. The molecule has 8 nitrogen and oxygen atoms in total. The Morgan fingerprint density at radius 1 is 0.882 bits per heavy atom. The van der Waals surface area contributed by atoms with E-state index in [2.05, 4.69) is 61.5 Å². The topological polar surface area (TPSA) is 150 Å². The molecule has 0 bridgehead atoms. The molecular formula is C20H30Br2ClN2NaO6S2. The van der Waals surface area contributed by atoms with Crippen LogP contribution in [0.25, 0.3) is 0 Å². The van der Waals surface area contributed by atoms with Crippen molar-refractivity contribution in [2.24, 2.45) is 10.3 Å². The van der Waals surface area contributed by atoms with Crippen molar-refractivity contribution in [2.45, 2.75) is 53.4 Å². The zero-order chi connectivity index (χ0) is 26.3. The van der Waals surface area contributed by atoms with Gasteiger partial charge in [0.25, 0.3) is 9.24 Å². The van der Waals surface area contributed by atoms with E-state index in [1.165, 1.54) is 0 Å². The average molecular weight is 677 g/mol. The number of benzene rings is 2. The number of hydrogen-bond acceptors (Lipinski definition) is 6. The van der Waals surface area contributed by atoms with E-state index >= 15 is 0 Å². The maximum atomic E-state index is 10.9. The molecule has 2 rings (SSSR count). The van der Waals surface area contributed by atoms with Crippen LogP contribution in [0, 0.1) is 13.8 Å². The Bertz CT molecular complexity index is 1180. The molecule has 0 saturated carbocycles. The van der Waals surface area contributed by atoms with E-state index in [1.54, 1.807) is 13.0 Å². The fraction of sp³-hybridized carbons (Fsp3) is 0.400. The SMILES string of the molecule is Cc1cc(Br)c(C(C)C)cc1O.Cc1cc(Br)c(C(C)C)cc1OS(N)(=O)=O.NS(=O)(=O)Cl.[H-].[Na+]. The first-order valence-electron chi connectivity index (χ1n) is 9.46. The standard InChI is InChI=1S/C10H14BrNO3S.C10H13BrO.ClH2NO2S.Na.H/c1-6(2)8-5-10(15-16(12,13)14)7(3)4-9(8)11;1-6(2)8-5-10(12)7(3)4-9(8)11;1-5(2,3)4;;/h4-6H,1-3H3,(H2,12,13,14);4-6,12H,1-3H3;(H2,2,3,4);;/q;;;+1;-1. The van der Waals surface area contributed by atoms with Gasteiger partial charge in [-0.1, -0.05) is 59.6 Å². The van der Waals surface area contributed by atoms with Crippen molar-refractivity contribution in [3.63, 3.8) is 0 Å². The van der Waals surface area contributed by atoms with Crippen molar-refractivity contribution < 1.29 is 57.1 Å². The number of phenols is 1. The normalized spacial score (nSPS) is 11.1. The van der Waals surface area contributed by atoms with Gasteiger partial charge in [-0.2, -0.15) is 22.0 Å². The number of rotatable bonds is 4. The summed E-state index contributed by atoms with van der Waals surface area (Å²) >= 11 is 6.90. The fourth-order valence-electron chi connectivity index (χ4n) is 2.45. The molecule has 34 heavy (non-hydrogen) atoms. The Morgan fingerprint density at radius 3 is 1.59 bits per heavy atom. The predicted octanol–water partition coefficient (Wildman–Crippen LogP) is 2.59. The van der Waals surface area contributed by atoms with Crippen molar-refractivity contribution in [1.82, 2.24) is 0 Å². The minimum absolute atomic E-state index is 0. The molecule has 190 valence electrons. The van der Waals surface area contributed by atoms with Crippen molar-refractivity contribution in [1.29, 1.82) is 0 Å². The Kier molecular flexibility index (Phi) is 16.4. The second kappa shape index (κ2) is 15.4. The molecule has 0 saturated heterocycles. The van der Waals surface area contributed by atoms with Crippen LogP contribution in [-0.4, -0.2) is 21.9 Å². The molecule has 0 unspecified atom stereocenters. The summed E-state index contributed by atoms with van der Waals surface area (Å²) in [7, 11) is -3.38. The van der Waals surface area contributed by atoms with Crippen LogP contribution < -0.4 is 44.0 Å². The third kappa shape index (κ3) is 15.3. The monoisotopic (exact) mass is 674 g/mol. The number of nitrogens with two attached hydrogens (primary N) is 2. The average Bonchev–Trinajstić information content (AvgIpc) is 2.58. The first-order valence-corrected chi connectivity index (χ1v) is 14.9. The van der Waals surface area contributed by atoms with Gasteiger partial charge < -0.3 is 10.7 Å². The van der Waals surface area contributed by atoms with E-state index in [1.807, 2.05) is 39.0 Å². The molecule has 0 aliphatic heterocycles. The summed E-state index contributed by atoms with van der Waals surface area (Å²) in [5.74, 6) is 1.35. The zero-order valence-corrected chi connectivity index (χ0v) is 27.6. The summed E-state index contributed by atoms with van der Waals surface area (Å²) in [6.07, 6.45) is 0. The molecule has 0 radical (unpaired) electrons. The summed E-state index contributed by atoms with van der Waals surface area (Å²) in [4.78, 5) is 0. The molecule has 14 heteroatoms. The third-order valence-corrected chi connectivity index (χ3v) is 5.84. The molecule has 2 aromatic rings. The van der Waals surface area contributed by atoms with E-state index in [0.717, 1.165) is 25.6 Å². The van der Waals surface area contributed by atoms with E-state index in [-0.39, 0.29) is 42.7 Å². The van der Waals surface area contributed by atoms with Crippen LogP contribution in [0.3, 0.4) is 0 Å². The van der Waals surface area contributed by atoms with E-state index in [9.17, 15) is 21.9 Å². The minimum atomic E-state index is -3.97. The number of halogens is 3. The van der Waals surface area contributed by atoms with Crippen LogP contribution in [0.15, 0.2) is 33.2 Å². The zero-order valence-electron chi connectivity index (χ0n) is 21.1. The largest absolute Gasteiger partial charge is 1.00 e. The van der Waals surface area contributed by atoms with E-state index in [4.69, 9.17) is 9.32 Å². The van der Waals surface area contributed by atoms with Gasteiger partial charge in [-0.05, 0) is 72.2 Å². The number of aryl methyl sites for hydroxylation is 2. The van der Waals surface area contributed by atoms with Crippen LogP contribution in [0.4, 0.5) is 0 Å². The van der Waals surface area contributed by atoms with Crippen molar-refractivity contribution in [2.75, 3.05) is 0 Å². The number of hydrogen-bond donors (Lipinski definition) is 3. The molecule has 0 amide bonds. The van der Waals surface area contributed by atoms with Gasteiger partial charge in [0.05, 0.1) is 0 Å². The maximum absolute atomic E-state index is 10.9. The van der Waals surface area contributed by atoms with Crippen LogP contribution in [-0.2, 0) is 19.5 Å². The fourth-order valence-corrected chi connectivity index (χ4v) is 4.71. The van der Waals surface area contributed by atoms with E-state index < -0.39 is 19.5 Å².